The van der Waals surface area contributed by atoms with Gasteiger partial charge in [-0.05, 0) is 50.7 Å². The molecule has 1 aliphatic heterocycles. The molecular formula is C18H29IN4. The fourth-order valence-electron chi connectivity index (χ4n) is 3.92. The quantitative estimate of drug-likeness (QED) is 0.453. The second-order valence-corrected chi connectivity index (χ2v) is 6.82. The molecule has 1 aromatic heterocycles. The Hall–Kier alpha value is -0.850. The molecule has 5 heteroatoms. The van der Waals surface area contributed by atoms with Crippen LogP contribution in [0.4, 0.5) is 0 Å². The molecule has 4 nitrogen and oxygen atoms in total. The van der Waals surface area contributed by atoms with E-state index in [0.29, 0.717) is 12.0 Å². The summed E-state index contributed by atoms with van der Waals surface area (Å²) in [4.78, 5) is 11.8. The molecule has 2 heterocycles. The van der Waals surface area contributed by atoms with Gasteiger partial charge in [0.05, 0.1) is 12.2 Å². The first-order valence-electron chi connectivity index (χ1n) is 8.67. The smallest absolute Gasteiger partial charge is 0.194 e. The maximum atomic E-state index is 4.83. The van der Waals surface area contributed by atoms with Gasteiger partial charge in [0.2, 0.25) is 0 Å². The summed E-state index contributed by atoms with van der Waals surface area (Å²) in [5.74, 6) is 1.06. The Bertz CT molecular complexity index is 538. The highest BCUT2D eigenvalue weighted by molar-refractivity contribution is 14.0. The van der Waals surface area contributed by atoms with Crippen LogP contribution in [0.5, 0.6) is 0 Å². The van der Waals surface area contributed by atoms with Crippen LogP contribution >= 0.6 is 24.0 Å². The Morgan fingerprint density at radius 3 is 2.78 bits per heavy atom. The lowest BCUT2D eigenvalue weighted by atomic mass is 9.86. The summed E-state index contributed by atoms with van der Waals surface area (Å²) in [7, 11) is 0. The van der Waals surface area contributed by atoms with Gasteiger partial charge in [-0.1, -0.05) is 18.9 Å². The van der Waals surface area contributed by atoms with E-state index in [9.17, 15) is 0 Å². The van der Waals surface area contributed by atoms with Crippen LogP contribution in [0, 0.1) is 12.3 Å². The molecule has 3 rings (SSSR count). The first kappa shape index (κ1) is 18.5. The number of likely N-dealkylation sites (tertiary alicyclic amines) is 1. The number of aromatic nitrogens is 1. The van der Waals surface area contributed by atoms with Crippen LogP contribution in [-0.2, 0) is 6.54 Å². The third kappa shape index (κ3) is 4.58. The summed E-state index contributed by atoms with van der Waals surface area (Å²) < 4.78 is 0. The highest BCUT2D eigenvalue weighted by Gasteiger charge is 2.41. The molecule has 0 unspecified atom stereocenters. The van der Waals surface area contributed by atoms with Crippen LogP contribution < -0.4 is 5.32 Å². The summed E-state index contributed by atoms with van der Waals surface area (Å²) in [5.41, 5.74) is 2.69. The summed E-state index contributed by atoms with van der Waals surface area (Å²) >= 11 is 0. The van der Waals surface area contributed by atoms with Crippen molar-refractivity contribution in [2.75, 3.05) is 19.6 Å². The molecule has 1 aliphatic carbocycles. The topological polar surface area (TPSA) is 40.5 Å². The third-order valence-corrected chi connectivity index (χ3v) is 5.07. The SMILES string of the molecule is CCNC(=NCc1cccc(C)n1)N1CCC2(CCCC2)C1.I. The van der Waals surface area contributed by atoms with Crippen LogP contribution in [0.2, 0.25) is 0 Å². The number of aliphatic imine (C=N–C) groups is 1. The number of aryl methyl sites for hydroxylation is 1. The molecule has 128 valence electrons. The van der Waals surface area contributed by atoms with Crippen molar-refractivity contribution in [1.82, 2.24) is 15.2 Å². The van der Waals surface area contributed by atoms with Gasteiger partial charge in [-0.3, -0.25) is 4.98 Å². The van der Waals surface area contributed by atoms with E-state index < -0.39 is 0 Å². The number of halogens is 1. The van der Waals surface area contributed by atoms with Gasteiger partial charge in [-0.25, -0.2) is 4.99 Å². The maximum Gasteiger partial charge on any atom is 0.194 e. The second-order valence-electron chi connectivity index (χ2n) is 6.82. The van der Waals surface area contributed by atoms with E-state index in [0.717, 1.165) is 30.4 Å². The van der Waals surface area contributed by atoms with Crippen LogP contribution in [0.25, 0.3) is 0 Å². The number of nitrogens with zero attached hydrogens (tertiary/aromatic N) is 3. The van der Waals surface area contributed by atoms with Crippen molar-refractivity contribution in [2.24, 2.45) is 10.4 Å². The largest absolute Gasteiger partial charge is 0.357 e. The lowest BCUT2D eigenvalue weighted by Crippen LogP contribution is -2.41. The number of rotatable bonds is 3. The van der Waals surface area contributed by atoms with E-state index in [1.165, 1.54) is 38.6 Å². The minimum absolute atomic E-state index is 0. The third-order valence-electron chi connectivity index (χ3n) is 5.07. The Balaban J connectivity index is 0.00000192. The predicted molar refractivity (Wildman–Crippen MR) is 106 cm³/mol. The summed E-state index contributed by atoms with van der Waals surface area (Å²) in [6.45, 7) is 8.08. The van der Waals surface area contributed by atoms with E-state index in [1.54, 1.807) is 0 Å². The highest BCUT2D eigenvalue weighted by atomic mass is 127. The lowest BCUT2D eigenvalue weighted by Gasteiger charge is -2.25. The van der Waals surface area contributed by atoms with Crippen LogP contribution in [0.1, 0.15) is 50.4 Å². The average molecular weight is 428 g/mol. The summed E-state index contributed by atoms with van der Waals surface area (Å²) in [6.07, 6.45) is 6.97. The van der Waals surface area contributed by atoms with Gasteiger partial charge < -0.3 is 10.2 Å². The van der Waals surface area contributed by atoms with Gasteiger partial charge in [-0.15, -0.1) is 24.0 Å². The van der Waals surface area contributed by atoms with Crippen LogP contribution in [-0.4, -0.2) is 35.5 Å². The number of guanidine groups is 1. The Labute approximate surface area is 157 Å². The average Bonchev–Trinajstić information content (AvgIpc) is 3.14. The molecule has 1 aromatic rings. The molecule has 1 saturated heterocycles. The van der Waals surface area contributed by atoms with Gasteiger partial charge >= 0.3 is 0 Å². The van der Waals surface area contributed by atoms with E-state index in [2.05, 4.69) is 34.3 Å². The zero-order valence-corrected chi connectivity index (χ0v) is 16.7. The molecule has 0 aromatic carbocycles. The van der Waals surface area contributed by atoms with Gasteiger partial charge in [0.1, 0.15) is 0 Å². The predicted octanol–water partition coefficient (Wildman–Crippen LogP) is 3.74. The van der Waals surface area contributed by atoms with Crippen molar-refractivity contribution in [3.63, 3.8) is 0 Å². The normalized spacial score (nSPS) is 19.9. The van der Waals surface area contributed by atoms with E-state index in [1.807, 2.05) is 13.0 Å². The zero-order valence-electron chi connectivity index (χ0n) is 14.3. The number of pyridine rings is 1. The maximum absolute atomic E-state index is 4.83. The lowest BCUT2D eigenvalue weighted by molar-refractivity contribution is 0.309. The molecule has 1 saturated carbocycles. The van der Waals surface area contributed by atoms with Crippen molar-refractivity contribution in [1.29, 1.82) is 0 Å². The van der Waals surface area contributed by atoms with E-state index >= 15 is 0 Å². The number of hydrogen-bond donors (Lipinski definition) is 1. The number of hydrogen-bond acceptors (Lipinski definition) is 2. The Morgan fingerprint density at radius 1 is 1.30 bits per heavy atom. The molecule has 0 radical (unpaired) electrons. The highest BCUT2D eigenvalue weighted by Crippen LogP contribution is 2.45. The van der Waals surface area contributed by atoms with Gasteiger partial charge in [0.15, 0.2) is 5.96 Å². The first-order valence-corrected chi connectivity index (χ1v) is 8.67. The fourth-order valence-corrected chi connectivity index (χ4v) is 3.92. The molecule has 2 aliphatic rings. The first-order chi connectivity index (χ1) is 10.7. The van der Waals surface area contributed by atoms with E-state index in [-0.39, 0.29) is 24.0 Å². The Morgan fingerprint density at radius 2 is 2.09 bits per heavy atom. The summed E-state index contributed by atoms with van der Waals surface area (Å²) in [5, 5.41) is 3.46. The molecular weight excluding hydrogens is 399 g/mol. The minimum atomic E-state index is 0. The van der Waals surface area contributed by atoms with E-state index in [4.69, 9.17) is 4.99 Å². The monoisotopic (exact) mass is 428 g/mol. The van der Waals surface area contributed by atoms with Crippen molar-refractivity contribution < 1.29 is 0 Å². The minimum Gasteiger partial charge on any atom is -0.357 e. The van der Waals surface area contributed by atoms with Gasteiger partial charge in [0, 0.05) is 25.3 Å². The van der Waals surface area contributed by atoms with Crippen LogP contribution in [0.3, 0.4) is 0 Å². The summed E-state index contributed by atoms with van der Waals surface area (Å²) in [6, 6.07) is 6.15. The molecule has 1 spiro atoms. The molecule has 2 fully saturated rings. The number of nitrogens with one attached hydrogen (secondary N) is 1. The molecule has 0 bridgehead atoms. The van der Waals surface area contributed by atoms with Crippen molar-refractivity contribution >= 4 is 29.9 Å². The molecule has 23 heavy (non-hydrogen) atoms. The van der Waals surface area contributed by atoms with Crippen molar-refractivity contribution in [3.05, 3.63) is 29.6 Å². The molecule has 0 amide bonds. The van der Waals surface area contributed by atoms with Crippen molar-refractivity contribution in [2.45, 2.75) is 52.5 Å². The van der Waals surface area contributed by atoms with Gasteiger partial charge in [0.25, 0.3) is 0 Å². The Kier molecular flexibility index (Phi) is 6.68. The molecule has 1 N–H and O–H groups in total. The standard InChI is InChI=1S/C18H28N4.HI/c1-3-19-17(20-13-16-8-6-7-15(2)21-16)22-12-11-18(14-22)9-4-5-10-18;/h6-8H,3-5,9-14H2,1-2H3,(H,19,20);1H. The van der Waals surface area contributed by atoms with Gasteiger partial charge in [-0.2, -0.15) is 0 Å². The molecule has 0 atom stereocenters. The fraction of sp³-hybridized carbons (Fsp3) is 0.667. The zero-order chi connectivity index (χ0) is 15.4. The van der Waals surface area contributed by atoms with Crippen LogP contribution in [0.15, 0.2) is 23.2 Å². The van der Waals surface area contributed by atoms with Crippen molar-refractivity contribution in [3.8, 4) is 0 Å². The second kappa shape index (κ2) is 8.31.